The van der Waals surface area contributed by atoms with E-state index in [1.807, 2.05) is 0 Å². The van der Waals surface area contributed by atoms with Gasteiger partial charge in [-0.3, -0.25) is 4.90 Å². The molecule has 2 aromatic rings. The minimum absolute atomic E-state index is 0.232. The van der Waals surface area contributed by atoms with E-state index in [0.29, 0.717) is 18.9 Å². The van der Waals surface area contributed by atoms with E-state index in [1.54, 1.807) is 12.1 Å². The van der Waals surface area contributed by atoms with Crippen LogP contribution >= 0.6 is 0 Å². The highest BCUT2D eigenvalue weighted by molar-refractivity contribution is 5.27. The van der Waals surface area contributed by atoms with Gasteiger partial charge < -0.3 is 9.64 Å². The summed E-state index contributed by atoms with van der Waals surface area (Å²) >= 11 is 0. The van der Waals surface area contributed by atoms with Crippen molar-refractivity contribution in [1.29, 1.82) is 5.26 Å². The van der Waals surface area contributed by atoms with Crippen LogP contribution in [0.5, 0.6) is 5.75 Å². The maximum atomic E-state index is 13.0. The summed E-state index contributed by atoms with van der Waals surface area (Å²) in [6, 6.07) is 17.2. The molecule has 184 valence electrons. The van der Waals surface area contributed by atoms with Crippen molar-refractivity contribution in [2.24, 2.45) is 0 Å². The Bertz CT molecular complexity index is 854. The molecule has 1 saturated heterocycles. The zero-order valence-corrected chi connectivity index (χ0v) is 20.7. The van der Waals surface area contributed by atoms with Gasteiger partial charge >= 0.3 is 0 Å². The van der Waals surface area contributed by atoms with Gasteiger partial charge in [-0.15, -0.1) is 0 Å². The Labute approximate surface area is 205 Å². The van der Waals surface area contributed by atoms with E-state index in [2.05, 4.69) is 47.1 Å². The first-order valence-corrected chi connectivity index (χ1v) is 13.0. The molecule has 1 unspecified atom stereocenters. The molecule has 0 saturated carbocycles. The number of rotatable bonds is 14. The molecule has 1 heterocycles. The number of halogens is 1. The van der Waals surface area contributed by atoms with E-state index in [1.165, 1.54) is 56.2 Å². The van der Waals surface area contributed by atoms with Gasteiger partial charge in [0, 0.05) is 32.7 Å². The Kier molecular flexibility index (Phi) is 11.4. The summed E-state index contributed by atoms with van der Waals surface area (Å²) in [7, 11) is 0. The molecule has 4 nitrogen and oxygen atoms in total. The van der Waals surface area contributed by atoms with E-state index in [0.717, 1.165) is 50.6 Å². The smallest absolute Gasteiger partial charge is 0.123 e. The number of piperazine rings is 1. The first kappa shape index (κ1) is 26.2. The second kappa shape index (κ2) is 14.8. The van der Waals surface area contributed by atoms with E-state index >= 15 is 0 Å². The van der Waals surface area contributed by atoms with Gasteiger partial charge in [0.2, 0.25) is 0 Å². The van der Waals surface area contributed by atoms with E-state index in [-0.39, 0.29) is 5.82 Å². The Morgan fingerprint density at radius 3 is 2.18 bits per heavy atom. The Hall–Kier alpha value is -2.42. The highest BCUT2D eigenvalue weighted by atomic mass is 19.1. The lowest BCUT2D eigenvalue weighted by molar-refractivity contribution is 0.115. The second-order valence-electron chi connectivity index (χ2n) is 9.40. The fraction of sp³-hybridized carbons (Fsp3) is 0.552. The summed E-state index contributed by atoms with van der Waals surface area (Å²) in [4.78, 5) is 5.05. The summed E-state index contributed by atoms with van der Waals surface area (Å²) in [5.41, 5.74) is 2.54. The van der Waals surface area contributed by atoms with E-state index in [4.69, 9.17) is 10.00 Å². The molecular weight excluding hydrogens is 425 g/mol. The quantitative estimate of drug-likeness (QED) is 0.319. The average molecular weight is 466 g/mol. The van der Waals surface area contributed by atoms with Crippen LogP contribution in [0, 0.1) is 17.1 Å². The maximum Gasteiger partial charge on any atom is 0.123 e. The molecule has 0 bridgehead atoms. The van der Waals surface area contributed by atoms with Crippen molar-refractivity contribution in [3.05, 3.63) is 65.5 Å². The highest BCUT2D eigenvalue weighted by Gasteiger charge is 2.18. The zero-order chi connectivity index (χ0) is 24.0. The largest absolute Gasteiger partial charge is 0.492 e. The Morgan fingerprint density at radius 2 is 1.53 bits per heavy atom. The first-order chi connectivity index (χ1) is 16.7. The Balaban J connectivity index is 1.36. The zero-order valence-electron chi connectivity index (χ0n) is 20.7. The lowest BCUT2D eigenvalue weighted by Crippen LogP contribution is -2.47. The molecule has 3 rings (SSSR count). The van der Waals surface area contributed by atoms with Crippen LogP contribution in [0.2, 0.25) is 0 Å². The number of unbranched alkanes of at least 4 members (excludes halogenated alkanes) is 2. The van der Waals surface area contributed by atoms with Gasteiger partial charge in [0.25, 0.3) is 0 Å². The van der Waals surface area contributed by atoms with Gasteiger partial charge in [-0.25, -0.2) is 4.39 Å². The average Bonchev–Trinajstić information content (AvgIpc) is 2.86. The van der Waals surface area contributed by atoms with Crippen LogP contribution in [-0.2, 0) is 6.42 Å². The maximum absolute atomic E-state index is 13.0. The molecule has 0 radical (unpaired) electrons. The number of nitrogens with zero attached hydrogens (tertiary/aromatic N) is 3. The van der Waals surface area contributed by atoms with Crippen LogP contribution in [0.1, 0.15) is 62.5 Å². The van der Waals surface area contributed by atoms with Crippen LogP contribution in [0.25, 0.3) is 0 Å². The Morgan fingerprint density at radius 1 is 0.882 bits per heavy atom. The highest BCUT2D eigenvalue weighted by Crippen LogP contribution is 2.28. The van der Waals surface area contributed by atoms with Crippen molar-refractivity contribution >= 4 is 0 Å². The standard InChI is InChI=1S/C29H40FN3O/c1-2-3-4-6-26(27-10-8-25(9-11-27)16-17-31)7-5-18-32-19-21-33(22-20-32)23-24-34-29-14-12-28(30)13-15-29/h8-15,26H,2-7,16,18-24H2,1H3. The van der Waals surface area contributed by atoms with Gasteiger partial charge in [-0.1, -0.05) is 50.5 Å². The molecular formula is C29H40FN3O. The molecule has 1 fully saturated rings. The van der Waals surface area contributed by atoms with Gasteiger partial charge in [-0.05, 0) is 67.1 Å². The predicted molar refractivity (Wildman–Crippen MR) is 137 cm³/mol. The molecule has 34 heavy (non-hydrogen) atoms. The first-order valence-electron chi connectivity index (χ1n) is 13.0. The monoisotopic (exact) mass is 465 g/mol. The van der Waals surface area contributed by atoms with Crippen molar-refractivity contribution in [3.8, 4) is 11.8 Å². The number of hydrogen-bond donors (Lipinski definition) is 0. The van der Waals surface area contributed by atoms with Crippen LogP contribution in [0.3, 0.4) is 0 Å². The summed E-state index contributed by atoms with van der Waals surface area (Å²) in [5, 5.41) is 8.92. The second-order valence-corrected chi connectivity index (χ2v) is 9.40. The SMILES string of the molecule is CCCCCC(CCCN1CCN(CCOc2ccc(F)cc2)CC1)c1ccc(CC#N)cc1. The van der Waals surface area contributed by atoms with Crippen molar-refractivity contribution in [2.75, 3.05) is 45.9 Å². The number of benzene rings is 2. The van der Waals surface area contributed by atoms with Crippen LogP contribution in [0.15, 0.2) is 48.5 Å². The van der Waals surface area contributed by atoms with Crippen molar-refractivity contribution < 1.29 is 9.13 Å². The fourth-order valence-electron chi connectivity index (χ4n) is 4.74. The van der Waals surface area contributed by atoms with Gasteiger partial charge in [0.15, 0.2) is 0 Å². The fourth-order valence-corrected chi connectivity index (χ4v) is 4.74. The van der Waals surface area contributed by atoms with Crippen LogP contribution in [-0.4, -0.2) is 55.7 Å². The van der Waals surface area contributed by atoms with Crippen LogP contribution in [0.4, 0.5) is 4.39 Å². The molecule has 2 aromatic carbocycles. The molecule has 1 aliphatic rings. The number of hydrogen-bond acceptors (Lipinski definition) is 4. The molecule has 0 spiro atoms. The molecule has 0 aliphatic carbocycles. The normalized spacial score (nSPS) is 15.7. The topological polar surface area (TPSA) is 39.5 Å². The molecule has 0 N–H and O–H groups in total. The third-order valence-electron chi connectivity index (χ3n) is 6.87. The van der Waals surface area contributed by atoms with Gasteiger partial charge in [0.05, 0.1) is 12.5 Å². The third kappa shape index (κ3) is 9.08. The van der Waals surface area contributed by atoms with Crippen molar-refractivity contribution in [2.45, 2.75) is 57.8 Å². The van der Waals surface area contributed by atoms with Gasteiger partial charge in [-0.2, -0.15) is 5.26 Å². The number of nitriles is 1. The molecule has 0 aromatic heterocycles. The minimum atomic E-state index is -0.232. The third-order valence-corrected chi connectivity index (χ3v) is 6.87. The lowest BCUT2D eigenvalue weighted by atomic mass is 9.88. The summed E-state index contributed by atoms with van der Waals surface area (Å²) in [6.07, 6.45) is 8.05. The molecule has 5 heteroatoms. The summed E-state index contributed by atoms with van der Waals surface area (Å²) in [5.74, 6) is 1.12. The lowest BCUT2D eigenvalue weighted by Gasteiger charge is -2.34. The predicted octanol–water partition coefficient (Wildman–Crippen LogP) is 6.03. The summed E-state index contributed by atoms with van der Waals surface area (Å²) < 4.78 is 18.7. The van der Waals surface area contributed by atoms with Crippen molar-refractivity contribution in [3.63, 3.8) is 0 Å². The van der Waals surface area contributed by atoms with Crippen molar-refractivity contribution in [1.82, 2.24) is 9.80 Å². The molecule has 1 aliphatic heterocycles. The van der Waals surface area contributed by atoms with Gasteiger partial charge in [0.1, 0.15) is 18.2 Å². The van der Waals surface area contributed by atoms with E-state index in [9.17, 15) is 4.39 Å². The van der Waals surface area contributed by atoms with Crippen LogP contribution < -0.4 is 4.74 Å². The minimum Gasteiger partial charge on any atom is -0.492 e. The number of ether oxygens (including phenoxy) is 1. The molecule has 0 amide bonds. The van der Waals surface area contributed by atoms with E-state index < -0.39 is 0 Å². The summed E-state index contributed by atoms with van der Waals surface area (Å²) in [6.45, 7) is 9.35. The molecule has 1 atom stereocenters.